The Morgan fingerprint density at radius 3 is 2.33 bits per heavy atom. The van der Waals surface area contributed by atoms with E-state index >= 15 is 0 Å². The van der Waals surface area contributed by atoms with Crippen molar-refractivity contribution in [3.63, 3.8) is 0 Å². The van der Waals surface area contributed by atoms with Gasteiger partial charge in [0, 0.05) is 26.6 Å². The van der Waals surface area contributed by atoms with Crippen LogP contribution in [0.2, 0.25) is 0 Å². The number of benzene rings is 1. The van der Waals surface area contributed by atoms with E-state index in [0.29, 0.717) is 19.6 Å². The molecule has 0 saturated heterocycles. The Morgan fingerprint density at radius 2 is 1.81 bits per heavy atom. The summed E-state index contributed by atoms with van der Waals surface area (Å²) < 4.78 is 12.5. The van der Waals surface area contributed by atoms with Crippen molar-refractivity contribution in [2.75, 3.05) is 26.9 Å². The van der Waals surface area contributed by atoms with Crippen LogP contribution in [0.4, 0.5) is 0 Å². The van der Waals surface area contributed by atoms with Crippen LogP contribution in [0.25, 0.3) is 0 Å². The van der Waals surface area contributed by atoms with Gasteiger partial charge in [-0.3, -0.25) is 0 Å². The molecule has 0 aliphatic carbocycles. The zero-order valence-electron chi connectivity index (χ0n) is 12.7. The first-order chi connectivity index (χ1) is 9.83. The Bertz CT molecular complexity index is 424. The van der Waals surface area contributed by atoms with Crippen LogP contribution < -0.4 is 10.1 Å². The summed E-state index contributed by atoms with van der Waals surface area (Å²) in [6.45, 7) is 6.29. The average Bonchev–Trinajstić information content (AvgIpc) is 2.37. The number of nitrogens with one attached hydrogen (secondary N) is 1. The molecule has 120 valence electrons. The summed E-state index contributed by atoms with van der Waals surface area (Å²) in [5, 5.41) is 13.0. The minimum absolute atomic E-state index is 0.464. The number of hydrogen-bond donors (Lipinski definition) is 2. The summed E-state index contributed by atoms with van der Waals surface area (Å²) in [7, 11) is 1.69. The summed E-state index contributed by atoms with van der Waals surface area (Å²) in [6, 6.07) is 4.06. The number of ether oxygens (including phenoxy) is 2. The second kappa shape index (κ2) is 9.10. The average molecular weight is 425 g/mol. The summed E-state index contributed by atoms with van der Waals surface area (Å²) in [4.78, 5) is 0. The SMILES string of the molecule is COCCNCc1cc(Br)c(OCCC(C)(C)O)c(Br)c1. The van der Waals surface area contributed by atoms with Gasteiger partial charge in [-0.1, -0.05) is 0 Å². The topological polar surface area (TPSA) is 50.7 Å². The molecule has 0 radical (unpaired) electrons. The van der Waals surface area contributed by atoms with Crippen molar-refractivity contribution in [1.29, 1.82) is 0 Å². The van der Waals surface area contributed by atoms with Crippen LogP contribution in [0.5, 0.6) is 5.75 Å². The van der Waals surface area contributed by atoms with E-state index in [2.05, 4.69) is 37.2 Å². The molecule has 1 aromatic rings. The van der Waals surface area contributed by atoms with Gasteiger partial charge in [0.15, 0.2) is 0 Å². The first-order valence-corrected chi connectivity index (χ1v) is 8.45. The Balaban J connectivity index is 2.58. The van der Waals surface area contributed by atoms with Crippen LogP contribution in [0.3, 0.4) is 0 Å². The molecule has 0 bridgehead atoms. The second-order valence-electron chi connectivity index (χ2n) is 5.47. The van der Waals surface area contributed by atoms with Gasteiger partial charge in [-0.25, -0.2) is 0 Å². The van der Waals surface area contributed by atoms with E-state index in [-0.39, 0.29) is 0 Å². The quantitative estimate of drug-likeness (QED) is 0.595. The van der Waals surface area contributed by atoms with E-state index in [0.717, 1.165) is 33.3 Å². The fourth-order valence-electron chi connectivity index (χ4n) is 1.66. The predicted molar refractivity (Wildman–Crippen MR) is 91.8 cm³/mol. The summed E-state index contributed by atoms with van der Waals surface area (Å²) >= 11 is 7.06. The van der Waals surface area contributed by atoms with Gasteiger partial charge in [0.2, 0.25) is 0 Å². The minimum atomic E-state index is -0.718. The maximum absolute atomic E-state index is 9.70. The molecular formula is C15H23Br2NO3. The van der Waals surface area contributed by atoms with E-state index in [1.165, 1.54) is 0 Å². The highest BCUT2D eigenvalue weighted by Crippen LogP contribution is 2.35. The molecule has 21 heavy (non-hydrogen) atoms. The fourth-order valence-corrected chi connectivity index (χ4v) is 3.17. The Hall–Kier alpha value is -0.140. The van der Waals surface area contributed by atoms with Gasteiger partial charge < -0.3 is 19.9 Å². The molecule has 0 amide bonds. The Labute approximate surface area is 143 Å². The van der Waals surface area contributed by atoms with Crippen LogP contribution in [0.15, 0.2) is 21.1 Å². The van der Waals surface area contributed by atoms with Gasteiger partial charge in [0.25, 0.3) is 0 Å². The molecule has 0 atom stereocenters. The molecule has 0 aliphatic heterocycles. The molecule has 4 nitrogen and oxygen atoms in total. The third kappa shape index (κ3) is 7.61. The summed E-state index contributed by atoms with van der Waals surface area (Å²) in [5.41, 5.74) is 0.434. The minimum Gasteiger partial charge on any atom is -0.491 e. The lowest BCUT2D eigenvalue weighted by Gasteiger charge is -2.18. The van der Waals surface area contributed by atoms with Crippen molar-refractivity contribution < 1.29 is 14.6 Å². The van der Waals surface area contributed by atoms with Crippen molar-refractivity contribution in [3.8, 4) is 5.75 Å². The molecule has 0 aromatic heterocycles. The molecule has 6 heteroatoms. The van der Waals surface area contributed by atoms with Gasteiger partial charge in [0.05, 0.1) is 27.8 Å². The monoisotopic (exact) mass is 423 g/mol. The van der Waals surface area contributed by atoms with Crippen LogP contribution >= 0.6 is 31.9 Å². The summed E-state index contributed by atoms with van der Waals surface area (Å²) in [6.07, 6.45) is 0.576. The highest BCUT2D eigenvalue weighted by molar-refractivity contribution is 9.11. The Kier molecular flexibility index (Phi) is 8.19. The maximum Gasteiger partial charge on any atom is 0.147 e. The lowest BCUT2D eigenvalue weighted by Crippen LogP contribution is -2.22. The van der Waals surface area contributed by atoms with E-state index in [1.54, 1.807) is 21.0 Å². The molecule has 0 saturated carbocycles. The van der Waals surface area contributed by atoms with Crippen molar-refractivity contribution in [2.45, 2.75) is 32.4 Å². The lowest BCUT2D eigenvalue weighted by molar-refractivity contribution is 0.0551. The predicted octanol–water partition coefficient (Wildman–Crippen LogP) is 3.49. The highest BCUT2D eigenvalue weighted by atomic mass is 79.9. The highest BCUT2D eigenvalue weighted by Gasteiger charge is 2.14. The van der Waals surface area contributed by atoms with Gasteiger partial charge in [-0.15, -0.1) is 0 Å². The van der Waals surface area contributed by atoms with E-state index in [1.807, 2.05) is 12.1 Å². The normalized spacial score (nSPS) is 11.7. The first kappa shape index (κ1) is 18.9. The zero-order valence-corrected chi connectivity index (χ0v) is 15.9. The largest absolute Gasteiger partial charge is 0.491 e. The fraction of sp³-hybridized carbons (Fsp3) is 0.600. The van der Waals surface area contributed by atoms with Crippen molar-refractivity contribution in [3.05, 3.63) is 26.6 Å². The maximum atomic E-state index is 9.70. The number of methoxy groups -OCH3 is 1. The van der Waals surface area contributed by atoms with E-state index in [9.17, 15) is 5.11 Å². The van der Waals surface area contributed by atoms with Crippen LogP contribution in [-0.2, 0) is 11.3 Å². The molecule has 0 unspecified atom stereocenters. The van der Waals surface area contributed by atoms with Gasteiger partial charge in [-0.2, -0.15) is 0 Å². The first-order valence-electron chi connectivity index (χ1n) is 6.86. The van der Waals surface area contributed by atoms with Crippen LogP contribution in [-0.4, -0.2) is 37.6 Å². The molecule has 1 aromatic carbocycles. The third-order valence-corrected chi connectivity index (χ3v) is 4.01. The molecule has 0 heterocycles. The van der Waals surface area contributed by atoms with Crippen molar-refractivity contribution in [2.24, 2.45) is 0 Å². The van der Waals surface area contributed by atoms with E-state index < -0.39 is 5.60 Å². The van der Waals surface area contributed by atoms with Gasteiger partial charge >= 0.3 is 0 Å². The molecule has 0 aliphatic rings. The lowest BCUT2D eigenvalue weighted by atomic mass is 10.1. The molecule has 2 N–H and O–H groups in total. The third-order valence-electron chi connectivity index (χ3n) is 2.83. The van der Waals surface area contributed by atoms with Crippen LogP contribution in [0.1, 0.15) is 25.8 Å². The Morgan fingerprint density at radius 1 is 1.19 bits per heavy atom. The molecular weight excluding hydrogens is 402 g/mol. The number of hydrogen-bond acceptors (Lipinski definition) is 4. The summed E-state index contributed by atoms with van der Waals surface area (Å²) in [5.74, 6) is 0.764. The zero-order chi connectivity index (χ0) is 15.9. The van der Waals surface area contributed by atoms with Crippen molar-refractivity contribution >= 4 is 31.9 Å². The smallest absolute Gasteiger partial charge is 0.147 e. The van der Waals surface area contributed by atoms with E-state index in [4.69, 9.17) is 9.47 Å². The number of aliphatic hydroxyl groups is 1. The standard InChI is InChI=1S/C15H23Br2NO3/c1-15(2,19)4-6-21-14-12(16)8-11(9-13(14)17)10-18-5-7-20-3/h8-9,18-19H,4-7,10H2,1-3H3. The molecule has 0 fully saturated rings. The van der Waals surface area contributed by atoms with Gasteiger partial charge in [0.1, 0.15) is 5.75 Å². The molecule has 1 rings (SSSR count). The van der Waals surface area contributed by atoms with Crippen molar-refractivity contribution in [1.82, 2.24) is 5.32 Å². The van der Waals surface area contributed by atoms with Crippen LogP contribution in [0, 0.1) is 0 Å². The number of halogens is 2. The number of rotatable bonds is 9. The molecule has 0 spiro atoms. The second-order valence-corrected chi connectivity index (χ2v) is 7.18. The van der Waals surface area contributed by atoms with Gasteiger partial charge in [-0.05, 0) is 63.4 Å².